The van der Waals surface area contributed by atoms with Crippen molar-refractivity contribution in [1.29, 1.82) is 0 Å². The molecule has 3 rings (SSSR count). The highest BCUT2D eigenvalue weighted by atomic mass is 16.2. The number of para-hydroxylation sites is 1. The monoisotopic (exact) mass is 202 g/mol. The van der Waals surface area contributed by atoms with Crippen LogP contribution >= 0.6 is 0 Å². The normalized spacial score (nSPS) is 27.7. The van der Waals surface area contributed by atoms with E-state index in [0.29, 0.717) is 6.54 Å². The van der Waals surface area contributed by atoms with E-state index in [1.807, 2.05) is 24.3 Å². The van der Waals surface area contributed by atoms with Crippen molar-refractivity contribution in [2.75, 3.05) is 11.9 Å². The van der Waals surface area contributed by atoms with Crippen molar-refractivity contribution in [1.82, 2.24) is 5.32 Å². The molecule has 1 aromatic carbocycles. The van der Waals surface area contributed by atoms with Crippen LogP contribution in [-0.2, 0) is 9.59 Å². The van der Waals surface area contributed by atoms with E-state index in [2.05, 4.69) is 10.6 Å². The number of imide groups is 1. The quantitative estimate of drug-likeness (QED) is 0.601. The predicted octanol–water partition coefficient (Wildman–Crippen LogP) is 0.468. The fourth-order valence-electron chi connectivity index (χ4n) is 2.34. The molecule has 1 fully saturated rings. The minimum Gasteiger partial charge on any atom is -0.384 e. The van der Waals surface area contributed by atoms with Crippen molar-refractivity contribution in [3.63, 3.8) is 0 Å². The Bertz CT molecular complexity index is 456. The van der Waals surface area contributed by atoms with Gasteiger partial charge in [0.1, 0.15) is 0 Å². The fraction of sp³-hybridized carbons (Fsp3) is 0.273. The van der Waals surface area contributed by atoms with Crippen LogP contribution in [0.15, 0.2) is 24.3 Å². The minimum atomic E-state index is -0.296. The second-order valence-electron chi connectivity index (χ2n) is 3.91. The molecule has 2 aliphatic rings. The molecule has 4 nitrogen and oxygen atoms in total. The van der Waals surface area contributed by atoms with Crippen LogP contribution < -0.4 is 10.6 Å². The number of amides is 2. The van der Waals surface area contributed by atoms with Gasteiger partial charge in [-0.15, -0.1) is 0 Å². The predicted molar refractivity (Wildman–Crippen MR) is 54.3 cm³/mol. The van der Waals surface area contributed by atoms with Crippen LogP contribution in [0.4, 0.5) is 5.69 Å². The number of carbonyl (C=O) groups is 2. The van der Waals surface area contributed by atoms with Gasteiger partial charge in [0.25, 0.3) is 0 Å². The topological polar surface area (TPSA) is 58.2 Å². The number of rotatable bonds is 0. The van der Waals surface area contributed by atoms with Crippen LogP contribution in [0.3, 0.4) is 0 Å². The van der Waals surface area contributed by atoms with Gasteiger partial charge in [0.15, 0.2) is 0 Å². The summed E-state index contributed by atoms with van der Waals surface area (Å²) in [6, 6.07) is 7.64. The molecule has 4 heteroatoms. The summed E-state index contributed by atoms with van der Waals surface area (Å²) in [5, 5.41) is 5.55. The minimum absolute atomic E-state index is 0.160. The number of fused-ring (bicyclic) bond motifs is 3. The van der Waals surface area contributed by atoms with Gasteiger partial charge >= 0.3 is 0 Å². The second-order valence-corrected chi connectivity index (χ2v) is 3.91. The third-order valence-electron chi connectivity index (χ3n) is 3.08. The Morgan fingerprint density at radius 2 is 1.93 bits per heavy atom. The lowest BCUT2D eigenvalue weighted by molar-refractivity contribution is -0.125. The summed E-state index contributed by atoms with van der Waals surface area (Å²) in [6.07, 6.45) is 0. The van der Waals surface area contributed by atoms with Gasteiger partial charge in [-0.05, 0) is 11.6 Å². The third kappa shape index (κ3) is 1.08. The molecule has 0 aliphatic carbocycles. The first-order valence-corrected chi connectivity index (χ1v) is 4.95. The zero-order valence-corrected chi connectivity index (χ0v) is 7.99. The van der Waals surface area contributed by atoms with Gasteiger partial charge in [-0.25, -0.2) is 0 Å². The second kappa shape index (κ2) is 2.82. The zero-order valence-electron chi connectivity index (χ0n) is 7.99. The lowest BCUT2D eigenvalue weighted by atomic mass is 9.84. The van der Waals surface area contributed by atoms with Crippen LogP contribution in [0.5, 0.6) is 0 Å². The van der Waals surface area contributed by atoms with Crippen molar-refractivity contribution in [2.24, 2.45) is 5.92 Å². The summed E-state index contributed by atoms with van der Waals surface area (Å²) in [7, 11) is 0. The van der Waals surface area contributed by atoms with Crippen molar-refractivity contribution < 1.29 is 9.59 Å². The van der Waals surface area contributed by atoms with E-state index in [1.165, 1.54) is 0 Å². The summed E-state index contributed by atoms with van der Waals surface area (Å²) < 4.78 is 0. The summed E-state index contributed by atoms with van der Waals surface area (Å²) in [6.45, 7) is 0.541. The fourth-order valence-corrected chi connectivity index (χ4v) is 2.34. The van der Waals surface area contributed by atoms with Gasteiger partial charge in [0, 0.05) is 12.2 Å². The molecule has 1 saturated heterocycles. The van der Waals surface area contributed by atoms with Crippen molar-refractivity contribution in [3.8, 4) is 0 Å². The summed E-state index contributed by atoms with van der Waals surface area (Å²) in [4.78, 5) is 23.1. The molecule has 0 saturated carbocycles. The highest BCUT2D eigenvalue weighted by Gasteiger charge is 2.45. The summed E-state index contributed by atoms with van der Waals surface area (Å²) in [5.74, 6) is -0.867. The molecular formula is C11H10N2O2. The molecule has 0 bridgehead atoms. The Balaban J connectivity index is 2.13. The first kappa shape index (κ1) is 8.47. The highest BCUT2D eigenvalue weighted by molar-refractivity contribution is 6.09. The molecule has 0 radical (unpaired) electrons. The lowest BCUT2D eigenvalue weighted by Crippen LogP contribution is -2.30. The molecule has 2 aliphatic heterocycles. The molecule has 2 heterocycles. The van der Waals surface area contributed by atoms with E-state index in [1.54, 1.807) is 0 Å². The summed E-state index contributed by atoms with van der Waals surface area (Å²) in [5.41, 5.74) is 1.89. The van der Waals surface area contributed by atoms with Crippen molar-refractivity contribution in [2.45, 2.75) is 5.92 Å². The van der Waals surface area contributed by atoms with Crippen LogP contribution in [0.2, 0.25) is 0 Å². The Labute approximate surface area is 86.7 Å². The molecule has 2 atom stereocenters. The number of carbonyl (C=O) groups excluding carboxylic acids is 2. The Kier molecular flexibility index (Phi) is 1.59. The zero-order chi connectivity index (χ0) is 10.4. The van der Waals surface area contributed by atoms with Crippen LogP contribution in [0, 0.1) is 5.92 Å². The van der Waals surface area contributed by atoms with E-state index in [9.17, 15) is 9.59 Å². The molecule has 15 heavy (non-hydrogen) atoms. The SMILES string of the molecule is O=C1NC(=O)[C@@H]2c3ccccc3NC[C@H]12. The third-order valence-corrected chi connectivity index (χ3v) is 3.08. The maximum atomic E-state index is 11.6. The number of anilines is 1. The average Bonchev–Trinajstić information content (AvgIpc) is 2.55. The molecule has 2 amide bonds. The molecule has 1 aromatic rings. The highest BCUT2D eigenvalue weighted by Crippen LogP contribution is 2.38. The maximum absolute atomic E-state index is 11.6. The average molecular weight is 202 g/mol. The Morgan fingerprint density at radius 1 is 1.13 bits per heavy atom. The van der Waals surface area contributed by atoms with E-state index in [-0.39, 0.29) is 23.7 Å². The van der Waals surface area contributed by atoms with Crippen LogP contribution in [0.1, 0.15) is 11.5 Å². The molecule has 0 aromatic heterocycles. The van der Waals surface area contributed by atoms with Gasteiger partial charge in [-0.1, -0.05) is 18.2 Å². The number of hydrogen-bond acceptors (Lipinski definition) is 3. The van der Waals surface area contributed by atoms with E-state index < -0.39 is 0 Å². The van der Waals surface area contributed by atoms with Gasteiger partial charge in [0.2, 0.25) is 11.8 Å². The van der Waals surface area contributed by atoms with Gasteiger partial charge < -0.3 is 5.32 Å². The summed E-state index contributed by atoms with van der Waals surface area (Å²) >= 11 is 0. The Morgan fingerprint density at radius 3 is 2.80 bits per heavy atom. The van der Waals surface area contributed by atoms with Gasteiger partial charge in [0.05, 0.1) is 11.8 Å². The first-order chi connectivity index (χ1) is 7.27. The maximum Gasteiger partial charge on any atom is 0.235 e. The number of nitrogens with one attached hydrogen (secondary N) is 2. The molecule has 0 spiro atoms. The first-order valence-electron chi connectivity index (χ1n) is 4.95. The molecule has 2 N–H and O–H groups in total. The van der Waals surface area contributed by atoms with Crippen molar-refractivity contribution in [3.05, 3.63) is 29.8 Å². The molecule has 0 unspecified atom stereocenters. The largest absolute Gasteiger partial charge is 0.384 e. The number of benzene rings is 1. The Hall–Kier alpha value is -1.84. The molecular weight excluding hydrogens is 192 g/mol. The van der Waals surface area contributed by atoms with Gasteiger partial charge in [-0.3, -0.25) is 14.9 Å². The van der Waals surface area contributed by atoms with Crippen molar-refractivity contribution >= 4 is 17.5 Å². The van der Waals surface area contributed by atoms with Gasteiger partial charge in [-0.2, -0.15) is 0 Å². The number of hydrogen-bond donors (Lipinski definition) is 2. The standard InChI is InChI=1S/C11H10N2O2/c14-10-7-5-12-8-4-2-1-3-6(8)9(7)11(15)13-10/h1-4,7,9,12H,5H2,(H,13,14,15)/t7-,9+/m0/s1. The van der Waals surface area contributed by atoms with Crippen LogP contribution in [-0.4, -0.2) is 18.4 Å². The van der Waals surface area contributed by atoms with E-state index in [4.69, 9.17) is 0 Å². The van der Waals surface area contributed by atoms with Crippen LogP contribution in [0.25, 0.3) is 0 Å². The van der Waals surface area contributed by atoms with E-state index >= 15 is 0 Å². The smallest absolute Gasteiger partial charge is 0.235 e. The van der Waals surface area contributed by atoms with E-state index in [0.717, 1.165) is 11.3 Å². The lowest BCUT2D eigenvalue weighted by Gasteiger charge is -2.25. The molecule has 76 valence electrons.